The van der Waals surface area contributed by atoms with E-state index in [9.17, 15) is 14.4 Å². The first-order valence-electron chi connectivity index (χ1n) is 14.9. The zero-order chi connectivity index (χ0) is 30.8. The van der Waals surface area contributed by atoms with Gasteiger partial charge in [0.05, 0.1) is 18.7 Å². The van der Waals surface area contributed by atoms with Gasteiger partial charge in [0.1, 0.15) is 17.9 Å². The molecule has 4 atom stereocenters. The van der Waals surface area contributed by atoms with Crippen molar-refractivity contribution in [2.45, 2.75) is 85.6 Å². The molecule has 2 aliphatic rings. The number of halogens is 1. The highest BCUT2D eigenvalue weighted by atomic mass is 35.5. The predicted molar refractivity (Wildman–Crippen MR) is 160 cm³/mol. The van der Waals surface area contributed by atoms with Gasteiger partial charge in [0.15, 0.2) is 18.7 Å². The van der Waals surface area contributed by atoms with Crippen LogP contribution < -0.4 is 22.6 Å². The number of alkyl carbamates (subject to hydrolysis) is 1. The molecule has 1 aliphatic carbocycles. The highest BCUT2D eigenvalue weighted by Crippen LogP contribution is 2.33. The van der Waals surface area contributed by atoms with Gasteiger partial charge in [-0.2, -0.15) is 0 Å². The van der Waals surface area contributed by atoms with Crippen molar-refractivity contribution in [3.63, 3.8) is 0 Å². The Balaban J connectivity index is 0.00000506. The normalized spacial score (nSPS) is 20.8. The smallest absolute Gasteiger partial charge is 0.510 e. The molecule has 2 heterocycles. The topological polar surface area (TPSA) is 104 Å². The van der Waals surface area contributed by atoms with Crippen molar-refractivity contribution in [1.82, 2.24) is 14.8 Å². The molecule has 0 saturated carbocycles. The van der Waals surface area contributed by atoms with Crippen LogP contribution in [0.4, 0.5) is 9.59 Å². The number of fused-ring (bicyclic) bond motifs is 3. The van der Waals surface area contributed by atoms with Crippen LogP contribution in [0.1, 0.15) is 77.4 Å². The third-order valence-electron chi connectivity index (χ3n) is 8.18. The Kier molecular flexibility index (Phi) is 10.8. The monoisotopic (exact) mass is 618 g/mol. The molecule has 0 radical (unpaired) electrons. The molecule has 2 aromatic rings. The van der Waals surface area contributed by atoms with Crippen LogP contribution in [0.25, 0.3) is 10.9 Å². The number of hydrogen-bond acceptors (Lipinski definition) is 7. The van der Waals surface area contributed by atoms with Gasteiger partial charge >= 0.3 is 12.2 Å². The van der Waals surface area contributed by atoms with E-state index in [0.29, 0.717) is 19.5 Å². The maximum atomic E-state index is 13.6. The number of ketones is 1. The van der Waals surface area contributed by atoms with Crippen molar-refractivity contribution >= 4 is 28.9 Å². The van der Waals surface area contributed by atoms with Gasteiger partial charge in [-0.15, -0.1) is 0 Å². The van der Waals surface area contributed by atoms with Crippen molar-refractivity contribution in [3.05, 3.63) is 47.9 Å². The molecule has 1 aromatic heterocycles. The Morgan fingerprint density at radius 2 is 1.84 bits per heavy atom. The zero-order valence-electron chi connectivity index (χ0n) is 26.7. The molecule has 238 valence electrons. The summed E-state index contributed by atoms with van der Waals surface area (Å²) in [5.74, 6) is 0.145. The maximum absolute atomic E-state index is 13.6. The summed E-state index contributed by atoms with van der Waals surface area (Å²) >= 11 is 0. The fourth-order valence-corrected chi connectivity index (χ4v) is 5.77. The van der Waals surface area contributed by atoms with E-state index in [0.717, 1.165) is 39.9 Å². The number of benzene rings is 1. The Morgan fingerprint density at radius 3 is 2.51 bits per heavy atom. The fourth-order valence-electron chi connectivity index (χ4n) is 5.77. The van der Waals surface area contributed by atoms with Crippen LogP contribution in [0.5, 0.6) is 0 Å². The molecule has 11 heteroatoms. The van der Waals surface area contributed by atoms with E-state index in [1.165, 1.54) is 0 Å². The minimum absolute atomic E-state index is 0. The van der Waals surface area contributed by atoms with Crippen molar-refractivity contribution in [1.29, 1.82) is 0 Å². The molecule has 0 saturated heterocycles. The zero-order valence-corrected chi connectivity index (χ0v) is 27.4. The van der Waals surface area contributed by atoms with E-state index in [-0.39, 0.29) is 42.4 Å². The van der Waals surface area contributed by atoms with Crippen molar-refractivity contribution in [3.8, 4) is 0 Å². The van der Waals surface area contributed by atoms with E-state index in [1.54, 1.807) is 20.8 Å². The number of aryl methyl sites for hydroxylation is 1. The molecule has 10 nitrogen and oxygen atoms in total. The molecule has 43 heavy (non-hydrogen) atoms. The van der Waals surface area contributed by atoms with Crippen LogP contribution in [-0.4, -0.2) is 65.2 Å². The number of para-hydroxylation sites is 1. The Morgan fingerprint density at radius 1 is 1.14 bits per heavy atom. The van der Waals surface area contributed by atoms with Gasteiger partial charge < -0.3 is 36.5 Å². The van der Waals surface area contributed by atoms with Crippen molar-refractivity contribution in [2.75, 3.05) is 19.8 Å². The number of hydrogen-bond donors (Lipinski definition) is 2. The first-order chi connectivity index (χ1) is 19.7. The SMILES string of the molecule is CC1N(COC(=O)OC(CCNC(=O)OC(C)(C)C)C(C)(C)C)C=C[NH+]1CC1CCc2c(c3ccccc3n2C)C1=O.[Cl-]. The summed E-state index contributed by atoms with van der Waals surface area (Å²) in [4.78, 5) is 41.3. The number of carbonyl (C=O) groups is 3. The molecule has 2 N–H and O–H groups in total. The number of Topliss-reactive ketones (excluding diaryl/α,β-unsaturated/α-hetero) is 1. The van der Waals surface area contributed by atoms with Gasteiger partial charge in [-0.1, -0.05) is 39.0 Å². The fraction of sp³-hybridized carbons (Fsp3) is 0.594. The Labute approximate surface area is 261 Å². The summed E-state index contributed by atoms with van der Waals surface area (Å²) < 4.78 is 18.6. The molecule has 0 fully saturated rings. The Bertz CT molecular complexity index is 1340. The molecular formula is C32H47ClN4O6. The molecule has 0 bridgehead atoms. The number of amides is 1. The van der Waals surface area contributed by atoms with E-state index >= 15 is 0 Å². The van der Waals surface area contributed by atoms with Crippen LogP contribution in [0.15, 0.2) is 36.7 Å². The quantitative estimate of drug-likeness (QED) is 0.431. The maximum Gasteiger partial charge on any atom is 0.510 e. The lowest BCUT2D eigenvalue weighted by atomic mass is 9.84. The van der Waals surface area contributed by atoms with Gasteiger partial charge in [0, 0.05) is 49.1 Å². The lowest BCUT2D eigenvalue weighted by Gasteiger charge is -2.31. The van der Waals surface area contributed by atoms with Crippen LogP contribution >= 0.6 is 0 Å². The van der Waals surface area contributed by atoms with Gasteiger partial charge in [0.2, 0.25) is 0 Å². The average Bonchev–Trinajstić information content (AvgIpc) is 3.39. The highest BCUT2D eigenvalue weighted by Gasteiger charge is 2.37. The lowest BCUT2D eigenvalue weighted by molar-refractivity contribution is -0.878. The van der Waals surface area contributed by atoms with Gasteiger partial charge in [-0.25, -0.2) is 9.59 Å². The first kappa shape index (κ1) is 34.3. The largest absolute Gasteiger partial charge is 1.00 e. The number of carbonyl (C=O) groups excluding carboxylic acids is 3. The van der Waals surface area contributed by atoms with Gasteiger partial charge in [-0.3, -0.25) is 14.6 Å². The summed E-state index contributed by atoms with van der Waals surface area (Å²) in [6.07, 6.45) is 4.33. The average molecular weight is 619 g/mol. The molecule has 0 spiro atoms. The van der Waals surface area contributed by atoms with Crippen LogP contribution in [0.2, 0.25) is 0 Å². The lowest BCUT2D eigenvalue weighted by Crippen LogP contribution is -3.11. The van der Waals surface area contributed by atoms with Crippen LogP contribution in [-0.2, 0) is 27.7 Å². The highest BCUT2D eigenvalue weighted by molar-refractivity contribution is 6.11. The first-order valence-corrected chi connectivity index (χ1v) is 14.9. The predicted octanol–water partition coefficient (Wildman–Crippen LogP) is 1.39. The van der Waals surface area contributed by atoms with Gasteiger partial charge in [0.25, 0.3) is 0 Å². The number of nitrogens with one attached hydrogen (secondary N) is 2. The molecule has 4 unspecified atom stereocenters. The second-order valence-corrected chi connectivity index (χ2v) is 13.5. The van der Waals surface area contributed by atoms with Gasteiger partial charge in [-0.05, 0) is 45.1 Å². The molecule has 1 aliphatic heterocycles. The number of quaternary nitrogens is 1. The molecular weight excluding hydrogens is 572 g/mol. The van der Waals surface area contributed by atoms with Crippen molar-refractivity contribution < 1.29 is 45.9 Å². The molecule has 1 amide bonds. The molecule has 4 rings (SSSR count). The van der Waals surface area contributed by atoms with Crippen molar-refractivity contribution in [2.24, 2.45) is 18.4 Å². The number of ether oxygens (including phenoxy) is 3. The second kappa shape index (κ2) is 13.6. The summed E-state index contributed by atoms with van der Waals surface area (Å²) in [5.41, 5.74) is 2.16. The van der Waals surface area contributed by atoms with E-state index in [4.69, 9.17) is 14.2 Å². The minimum atomic E-state index is -0.757. The summed E-state index contributed by atoms with van der Waals surface area (Å²) in [6, 6.07) is 8.11. The second-order valence-electron chi connectivity index (χ2n) is 13.5. The third-order valence-corrected chi connectivity index (χ3v) is 8.18. The number of nitrogens with zero attached hydrogens (tertiary/aromatic N) is 2. The summed E-state index contributed by atoms with van der Waals surface area (Å²) in [6.45, 7) is 14.4. The third kappa shape index (κ3) is 8.23. The number of aromatic nitrogens is 1. The van der Waals surface area contributed by atoms with Crippen LogP contribution in [0.3, 0.4) is 0 Å². The standard InChI is InChI=1S/C32H46N4O6.ClH/c1-21-35(19-22-13-14-25-27(28(22)37)23-11-9-10-12-24(23)34(25)8)17-18-36(21)20-40-30(39)41-26(31(2,3)4)15-16-33-29(38)42-32(5,6)7;/h9-12,17-18,21-22,26H,13-16,19-20H2,1-8H3,(H,33,38);1H. The van der Waals surface area contributed by atoms with E-state index in [2.05, 4.69) is 22.9 Å². The molecule has 1 aromatic carbocycles. The van der Waals surface area contributed by atoms with E-state index < -0.39 is 24.0 Å². The number of rotatable bonds is 8. The summed E-state index contributed by atoms with van der Waals surface area (Å²) in [5, 5.41) is 3.75. The summed E-state index contributed by atoms with van der Waals surface area (Å²) in [7, 11) is 2.04. The Hall–Kier alpha value is -3.24. The van der Waals surface area contributed by atoms with Crippen LogP contribution in [0, 0.1) is 11.3 Å². The minimum Gasteiger partial charge on any atom is -1.00 e. The van der Waals surface area contributed by atoms with E-state index in [1.807, 2.05) is 63.3 Å².